The first-order chi connectivity index (χ1) is 6.27. The third-order valence-electron chi connectivity index (χ3n) is 1.93. The molecule has 0 heterocycles. The van der Waals surface area contributed by atoms with Crippen LogP contribution in [0.3, 0.4) is 0 Å². The van der Waals surface area contributed by atoms with E-state index in [1.54, 1.807) is 0 Å². The summed E-state index contributed by atoms with van der Waals surface area (Å²) in [5, 5.41) is 0.908. The highest BCUT2D eigenvalue weighted by Gasteiger charge is 2.01. The Bertz CT molecular complexity index is 276. The monoisotopic (exact) mass is 245 g/mol. The number of alkyl halides is 1. The lowest BCUT2D eigenvalue weighted by Gasteiger charge is -2.03. The topological polar surface area (TPSA) is 26.0 Å². The Morgan fingerprint density at radius 2 is 2.15 bits per heavy atom. The molecule has 0 unspecified atom stereocenters. The van der Waals surface area contributed by atoms with Gasteiger partial charge in [0.2, 0.25) is 0 Å². The fraction of sp³-hybridized carbons (Fsp3) is 0.400. The van der Waals surface area contributed by atoms with Crippen LogP contribution in [0.5, 0.6) is 0 Å². The van der Waals surface area contributed by atoms with Gasteiger partial charge in [-0.25, -0.2) is 4.39 Å². The molecule has 1 aromatic carbocycles. The van der Waals surface area contributed by atoms with E-state index in [0.717, 1.165) is 29.3 Å². The van der Waals surface area contributed by atoms with Crippen LogP contribution in [-0.2, 0) is 13.0 Å². The largest absolute Gasteiger partial charge is 0.326 e. The molecule has 3 heteroatoms. The van der Waals surface area contributed by atoms with Crippen LogP contribution in [0.25, 0.3) is 0 Å². The normalized spacial score (nSPS) is 10.4. The summed E-state index contributed by atoms with van der Waals surface area (Å²) < 4.78 is 13.3. The fourth-order valence-corrected chi connectivity index (χ4v) is 1.46. The standard InChI is InChI=1S/C10H13BrFN/c11-5-1-2-9-4-3-8(7-13)6-10(9)12/h3-4,6H,1-2,5,7,13H2. The van der Waals surface area contributed by atoms with Crippen LogP contribution in [0.4, 0.5) is 4.39 Å². The molecule has 0 amide bonds. The van der Waals surface area contributed by atoms with Crippen molar-refractivity contribution in [3.8, 4) is 0 Å². The van der Waals surface area contributed by atoms with Crippen LogP contribution >= 0.6 is 15.9 Å². The molecule has 1 aromatic rings. The molecule has 1 rings (SSSR count). The maximum atomic E-state index is 13.3. The van der Waals surface area contributed by atoms with Crippen LogP contribution in [-0.4, -0.2) is 5.33 Å². The molecule has 0 bridgehead atoms. The third kappa shape index (κ3) is 3.08. The van der Waals surface area contributed by atoms with E-state index >= 15 is 0 Å². The van der Waals surface area contributed by atoms with Crippen molar-refractivity contribution in [1.82, 2.24) is 0 Å². The molecule has 0 spiro atoms. The fourth-order valence-electron chi connectivity index (χ4n) is 1.18. The van der Waals surface area contributed by atoms with E-state index in [9.17, 15) is 4.39 Å². The molecule has 2 N–H and O–H groups in total. The summed E-state index contributed by atoms with van der Waals surface area (Å²) in [6.45, 7) is 0.398. The first-order valence-electron chi connectivity index (χ1n) is 4.31. The van der Waals surface area contributed by atoms with Gasteiger partial charge in [-0.05, 0) is 30.0 Å². The summed E-state index contributed by atoms with van der Waals surface area (Å²) >= 11 is 3.32. The lowest BCUT2D eigenvalue weighted by molar-refractivity contribution is 0.605. The van der Waals surface area contributed by atoms with Crippen molar-refractivity contribution in [3.05, 3.63) is 35.1 Å². The lowest BCUT2D eigenvalue weighted by atomic mass is 10.1. The highest BCUT2D eigenvalue weighted by molar-refractivity contribution is 9.09. The molecule has 0 aliphatic rings. The zero-order valence-corrected chi connectivity index (χ0v) is 8.98. The number of hydrogen-bond donors (Lipinski definition) is 1. The van der Waals surface area contributed by atoms with E-state index in [-0.39, 0.29) is 5.82 Å². The van der Waals surface area contributed by atoms with E-state index in [1.165, 1.54) is 6.07 Å². The quantitative estimate of drug-likeness (QED) is 0.812. The minimum atomic E-state index is -0.135. The molecule has 0 atom stereocenters. The van der Waals surface area contributed by atoms with E-state index in [2.05, 4.69) is 15.9 Å². The van der Waals surface area contributed by atoms with Gasteiger partial charge in [-0.1, -0.05) is 28.1 Å². The zero-order chi connectivity index (χ0) is 9.68. The van der Waals surface area contributed by atoms with E-state index in [4.69, 9.17) is 5.73 Å². The van der Waals surface area contributed by atoms with Gasteiger partial charge in [0.1, 0.15) is 5.82 Å². The predicted molar refractivity (Wildman–Crippen MR) is 56.4 cm³/mol. The molecular formula is C10H13BrFN. The Balaban J connectivity index is 2.73. The third-order valence-corrected chi connectivity index (χ3v) is 2.49. The highest BCUT2D eigenvalue weighted by Crippen LogP contribution is 2.12. The molecule has 0 aliphatic heterocycles. The van der Waals surface area contributed by atoms with Crippen molar-refractivity contribution < 1.29 is 4.39 Å². The molecule has 0 saturated heterocycles. The smallest absolute Gasteiger partial charge is 0.126 e. The van der Waals surface area contributed by atoms with Gasteiger partial charge >= 0.3 is 0 Å². The minimum Gasteiger partial charge on any atom is -0.326 e. The van der Waals surface area contributed by atoms with Gasteiger partial charge in [0, 0.05) is 11.9 Å². The maximum Gasteiger partial charge on any atom is 0.126 e. The summed E-state index contributed by atoms with van der Waals surface area (Å²) in [4.78, 5) is 0. The molecule has 0 aliphatic carbocycles. The van der Waals surface area contributed by atoms with Crippen LogP contribution < -0.4 is 5.73 Å². The Morgan fingerprint density at radius 3 is 2.69 bits per heavy atom. The molecule has 0 aromatic heterocycles. The van der Waals surface area contributed by atoms with Gasteiger partial charge in [0.25, 0.3) is 0 Å². The average molecular weight is 246 g/mol. The van der Waals surface area contributed by atoms with Gasteiger partial charge in [-0.15, -0.1) is 0 Å². The summed E-state index contributed by atoms with van der Waals surface area (Å²) in [5.41, 5.74) is 7.02. The predicted octanol–water partition coefficient (Wildman–Crippen LogP) is 2.61. The van der Waals surface area contributed by atoms with Crippen molar-refractivity contribution in [2.24, 2.45) is 5.73 Å². The molecule has 1 nitrogen and oxygen atoms in total. The van der Waals surface area contributed by atoms with Gasteiger partial charge in [0.15, 0.2) is 0 Å². The number of aryl methyl sites for hydroxylation is 1. The first-order valence-corrected chi connectivity index (χ1v) is 5.43. The molecule has 0 radical (unpaired) electrons. The molecule has 13 heavy (non-hydrogen) atoms. The van der Waals surface area contributed by atoms with Crippen LogP contribution in [0, 0.1) is 5.82 Å². The lowest BCUT2D eigenvalue weighted by Crippen LogP contribution is -1.99. The van der Waals surface area contributed by atoms with Crippen molar-refractivity contribution in [3.63, 3.8) is 0 Å². The summed E-state index contributed by atoms with van der Waals surface area (Å²) in [7, 11) is 0. The number of halogens is 2. The molecule has 72 valence electrons. The van der Waals surface area contributed by atoms with E-state index in [1.807, 2.05) is 12.1 Å². The average Bonchev–Trinajstić information content (AvgIpc) is 2.16. The molecular weight excluding hydrogens is 233 g/mol. The van der Waals surface area contributed by atoms with Crippen LogP contribution in [0.2, 0.25) is 0 Å². The summed E-state index contributed by atoms with van der Waals surface area (Å²) in [6, 6.07) is 5.22. The first kappa shape index (κ1) is 10.7. The number of rotatable bonds is 4. The molecule has 0 saturated carbocycles. The van der Waals surface area contributed by atoms with Gasteiger partial charge in [0.05, 0.1) is 0 Å². The van der Waals surface area contributed by atoms with Crippen molar-refractivity contribution in [2.75, 3.05) is 5.33 Å². The van der Waals surface area contributed by atoms with Crippen LogP contribution in [0.1, 0.15) is 17.5 Å². The maximum absolute atomic E-state index is 13.3. The van der Waals surface area contributed by atoms with Crippen LogP contribution in [0.15, 0.2) is 18.2 Å². The van der Waals surface area contributed by atoms with Crippen molar-refractivity contribution in [2.45, 2.75) is 19.4 Å². The zero-order valence-electron chi connectivity index (χ0n) is 7.39. The Kier molecular flexibility index (Phi) is 4.39. The minimum absolute atomic E-state index is 0.135. The van der Waals surface area contributed by atoms with Crippen molar-refractivity contribution >= 4 is 15.9 Å². The van der Waals surface area contributed by atoms with E-state index < -0.39 is 0 Å². The summed E-state index contributed by atoms with van der Waals surface area (Å²) in [6.07, 6.45) is 1.74. The number of benzene rings is 1. The SMILES string of the molecule is NCc1ccc(CCCBr)c(F)c1. The number of hydrogen-bond acceptors (Lipinski definition) is 1. The van der Waals surface area contributed by atoms with E-state index in [0.29, 0.717) is 6.54 Å². The van der Waals surface area contributed by atoms with Gasteiger partial charge < -0.3 is 5.73 Å². The Morgan fingerprint density at radius 1 is 1.38 bits per heavy atom. The second kappa shape index (κ2) is 5.35. The second-order valence-corrected chi connectivity index (χ2v) is 3.72. The Labute approximate surface area is 86.3 Å². The van der Waals surface area contributed by atoms with Gasteiger partial charge in [-0.3, -0.25) is 0 Å². The van der Waals surface area contributed by atoms with Crippen molar-refractivity contribution in [1.29, 1.82) is 0 Å². The Hall–Kier alpha value is -0.410. The molecule has 0 fully saturated rings. The second-order valence-electron chi connectivity index (χ2n) is 2.92. The van der Waals surface area contributed by atoms with Gasteiger partial charge in [-0.2, -0.15) is 0 Å². The number of nitrogens with two attached hydrogens (primary N) is 1. The highest BCUT2D eigenvalue weighted by atomic mass is 79.9. The summed E-state index contributed by atoms with van der Waals surface area (Å²) in [5.74, 6) is -0.135.